The van der Waals surface area contributed by atoms with Gasteiger partial charge in [0.15, 0.2) is 5.92 Å². The van der Waals surface area contributed by atoms with E-state index in [4.69, 9.17) is 5.26 Å². The van der Waals surface area contributed by atoms with E-state index in [2.05, 4.69) is 5.32 Å². The van der Waals surface area contributed by atoms with Crippen LogP contribution in [0.2, 0.25) is 0 Å². The number of benzene rings is 1. The highest BCUT2D eigenvalue weighted by atomic mass is 19.4. The zero-order valence-electron chi connectivity index (χ0n) is 9.63. The Kier molecular flexibility index (Phi) is 4.68. The van der Waals surface area contributed by atoms with Crippen LogP contribution in [0.1, 0.15) is 18.5 Å². The lowest BCUT2D eigenvalue weighted by Gasteiger charge is -2.18. The minimum atomic E-state index is -4.57. The lowest BCUT2D eigenvalue weighted by atomic mass is 10.1. The van der Waals surface area contributed by atoms with Crippen LogP contribution < -0.4 is 5.32 Å². The lowest BCUT2D eigenvalue weighted by molar-refractivity contribution is -0.157. The fourth-order valence-electron chi connectivity index (χ4n) is 1.47. The summed E-state index contributed by atoms with van der Waals surface area (Å²) in [6, 6.07) is 6.41. The van der Waals surface area contributed by atoms with Crippen molar-refractivity contribution < 1.29 is 17.6 Å². The van der Waals surface area contributed by atoms with Gasteiger partial charge in [-0.15, -0.1) is 0 Å². The summed E-state index contributed by atoms with van der Waals surface area (Å²) in [5.41, 5.74) is 0.274. The molecule has 1 aromatic rings. The van der Waals surface area contributed by atoms with Crippen LogP contribution in [0, 0.1) is 23.1 Å². The van der Waals surface area contributed by atoms with E-state index in [-0.39, 0.29) is 5.56 Å². The van der Waals surface area contributed by atoms with Gasteiger partial charge in [-0.25, -0.2) is 4.39 Å². The van der Waals surface area contributed by atoms with Crippen molar-refractivity contribution in [1.29, 1.82) is 5.26 Å². The molecule has 98 valence electrons. The molecule has 0 aliphatic carbocycles. The van der Waals surface area contributed by atoms with E-state index >= 15 is 0 Å². The van der Waals surface area contributed by atoms with Gasteiger partial charge in [-0.3, -0.25) is 0 Å². The Morgan fingerprint density at radius 2 is 1.94 bits per heavy atom. The maximum absolute atomic E-state index is 13.4. The molecule has 0 spiro atoms. The van der Waals surface area contributed by atoms with Crippen LogP contribution in [0.3, 0.4) is 0 Å². The smallest absolute Gasteiger partial charge is 0.308 e. The van der Waals surface area contributed by atoms with Crippen LogP contribution in [-0.4, -0.2) is 12.7 Å². The van der Waals surface area contributed by atoms with Crippen molar-refractivity contribution in [2.24, 2.45) is 5.92 Å². The first-order chi connectivity index (χ1) is 8.36. The zero-order valence-corrected chi connectivity index (χ0v) is 9.63. The van der Waals surface area contributed by atoms with Gasteiger partial charge in [0.25, 0.3) is 0 Å². The molecule has 18 heavy (non-hydrogen) atoms. The Hall–Kier alpha value is -1.61. The van der Waals surface area contributed by atoms with Crippen molar-refractivity contribution in [2.45, 2.75) is 19.1 Å². The van der Waals surface area contributed by atoms with Crippen molar-refractivity contribution >= 4 is 0 Å². The van der Waals surface area contributed by atoms with Gasteiger partial charge < -0.3 is 5.32 Å². The molecular weight excluding hydrogens is 248 g/mol. The standard InChI is InChI=1S/C12H12F4N2/c1-8(10-4-2-3-5-11(10)13)18-7-9(6-17)12(14,15)16/h2-5,8-9,18H,7H2,1H3. The number of alkyl halides is 3. The first kappa shape index (κ1) is 14.5. The molecule has 1 rings (SSSR count). The van der Waals surface area contributed by atoms with Crippen molar-refractivity contribution in [2.75, 3.05) is 6.54 Å². The molecule has 0 saturated heterocycles. The summed E-state index contributed by atoms with van der Waals surface area (Å²) < 4.78 is 50.3. The molecule has 0 aromatic heterocycles. The largest absolute Gasteiger partial charge is 0.405 e. The van der Waals surface area contributed by atoms with Crippen molar-refractivity contribution in [3.05, 3.63) is 35.6 Å². The lowest BCUT2D eigenvalue weighted by Crippen LogP contribution is -2.34. The molecule has 1 aromatic carbocycles. The molecule has 1 N–H and O–H groups in total. The van der Waals surface area contributed by atoms with E-state index < -0.39 is 30.5 Å². The summed E-state index contributed by atoms with van der Waals surface area (Å²) in [6.07, 6.45) is -4.57. The van der Waals surface area contributed by atoms with Gasteiger partial charge in [-0.2, -0.15) is 18.4 Å². The molecule has 0 aliphatic rings. The predicted molar refractivity (Wildman–Crippen MR) is 58.0 cm³/mol. The second-order valence-electron chi connectivity index (χ2n) is 3.87. The van der Waals surface area contributed by atoms with Crippen LogP contribution in [0.25, 0.3) is 0 Å². The van der Waals surface area contributed by atoms with Crippen LogP contribution in [0.15, 0.2) is 24.3 Å². The fourth-order valence-corrected chi connectivity index (χ4v) is 1.47. The minimum absolute atomic E-state index is 0.274. The second-order valence-corrected chi connectivity index (χ2v) is 3.87. The molecule has 0 fully saturated rings. The Balaban J connectivity index is 2.65. The predicted octanol–water partition coefficient (Wildman–Crippen LogP) is 3.18. The number of nitrogens with zero attached hydrogens (tertiary/aromatic N) is 1. The Morgan fingerprint density at radius 3 is 2.44 bits per heavy atom. The molecule has 0 radical (unpaired) electrons. The third kappa shape index (κ3) is 3.70. The summed E-state index contributed by atoms with van der Waals surface area (Å²) in [6.45, 7) is 0.985. The number of halogens is 4. The summed E-state index contributed by atoms with van der Waals surface area (Å²) in [5, 5.41) is 10.9. The van der Waals surface area contributed by atoms with Gasteiger partial charge in [0, 0.05) is 18.2 Å². The average molecular weight is 260 g/mol. The molecule has 0 aliphatic heterocycles. The highest BCUT2D eigenvalue weighted by Crippen LogP contribution is 2.26. The summed E-state index contributed by atoms with van der Waals surface area (Å²) in [7, 11) is 0. The van der Waals surface area contributed by atoms with Crippen LogP contribution >= 0.6 is 0 Å². The van der Waals surface area contributed by atoms with Crippen molar-refractivity contribution in [3.63, 3.8) is 0 Å². The van der Waals surface area contributed by atoms with E-state index in [1.54, 1.807) is 13.0 Å². The van der Waals surface area contributed by atoms with E-state index in [1.165, 1.54) is 24.3 Å². The summed E-state index contributed by atoms with van der Waals surface area (Å²) in [4.78, 5) is 0. The van der Waals surface area contributed by atoms with Crippen molar-refractivity contribution in [3.8, 4) is 6.07 Å². The zero-order chi connectivity index (χ0) is 13.8. The molecule has 0 bridgehead atoms. The SMILES string of the molecule is CC(NCC(C#N)C(F)(F)F)c1ccccc1F. The summed E-state index contributed by atoms with van der Waals surface area (Å²) in [5.74, 6) is -2.58. The van der Waals surface area contributed by atoms with Gasteiger partial charge in [0.1, 0.15) is 5.82 Å². The van der Waals surface area contributed by atoms with E-state index in [9.17, 15) is 17.6 Å². The van der Waals surface area contributed by atoms with Crippen LogP contribution in [0.4, 0.5) is 17.6 Å². The number of nitriles is 1. The minimum Gasteiger partial charge on any atom is -0.308 e. The number of nitrogens with one attached hydrogen (secondary N) is 1. The van der Waals surface area contributed by atoms with Crippen LogP contribution in [0.5, 0.6) is 0 Å². The molecule has 2 nitrogen and oxygen atoms in total. The first-order valence-electron chi connectivity index (χ1n) is 5.30. The van der Waals surface area contributed by atoms with Gasteiger partial charge in [0.05, 0.1) is 6.07 Å². The topological polar surface area (TPSA) is 35.8 Å². The molecule has 6 heteroatoms. The molecule has 0 amide bonds. The van der Waals surface area contributed by atoms with E-state index in [0.717, 1.165) is 0 Å². The highest BCUT2D eigenvalue weighted by molar-refractivity contribution is 5.20. The summed E-state index contributed by atoms with van der Waals surface area (Å²) >= 11 is 0. The quantitative estimate of drug-likeness (QED) is 0.844. The van der Waals surface area contributed by atoms with E-state index in [0.29, 0.717) is 0 Å². The van der Waals surface area contributed by atoms with Gasteiger partial charge in [-0.1, -0.05) is 18.2 Å². The Labute approximate surface area is 102 Å². The van der Waals surface area contributed by atoms with Crippen LogP contribution in [-0.2, 0) is 0 Å². The molecule has 0 heterocycles. The first-order valence-corrected chi connectivity index (χ1v) is 5.30. The molecule has 2 unspecified atom stereocenters. The molecule has 0 saturated carbocycles. The highest BCUT2D eigenvalue weighted by Gasteiger charge is 2.39. The number of hydrogen-bond donors (Lipinski definition) is 1. The van der Waals surface area contributed by atoms with Gasteiger partial charge >= 0.3 is 6.18 Å². The number of hydrogen-bond acceptors (Lipinski definition) is 2. The number of rotatable bonds is 4. The average Bonchev–Trinajstić information content (AvgIpc) is 2.28. The monoisotopic (exact) mass is 260 g/mol. The van der Waals surface area contributed by atoms with E-state index in [1.807, 2.05) is 0 Å². The molecule has 2 atom stereocenters. The van der Waals surface area contributed by atoms with Gasteiger partial charge in [-0.05, 0) is 13.0 Å². The van der Waals surface area contributed by atoms with Crippen molar-refractivity contribution in [1.82, 2.24) is 5.32 Å². The Bertz CT molecular complexity index is 436. The van der Waals surface area contributed by atoms with Gasteiger partial charge in [0.2, 0.25) is 0 Å². The maximum Gasteiger partial charge on any atom is 0.405 e. The molecular formula is C12H12F4N2. The second kappa shape index (κ2) is 5.83. The third-order valence-corrected chi connectivity index (χ3v) is 2.55. The Morgan fingerprint density at radius 1 is 1.33 bits per heavy atom. The maximum atomic E-state index is 13.4. The fraction of sp³-hybridized carbons (Fsp3) is 0.417. The third-order valence-electron chi connectivity index (χ3n) is 2.55. The normalized spacial score (nSPS) is 14.9.